The van der Waals surface area contributed by atoms with Gasteiger partial charge in [-0.1, -0.05) is 20.8 Å². The molecular weight excluding hydrogens is 255 g/mol. The van der Waals surface area contributed by atoms with Gasteiger partial charge in [0, 0.05) is 0 Å². The molecule has 110 valence electrons. The van der Waals surface area contributed by atoms with E-state index in [0.29, 0.717) is 0 Å². The Morgan fingerprint density at radius 3 is 1.39 bits per heavy atom. The summed E-state index contributed by atoms with van der Waals surface area (Å²) in [4.78, 5) is -1.58. The molecule has 18 heavy (non-hydrogen) atoms. The van der Waals surface area contributed by atoms with Crippen LogP contribution in [0.5, 0.6) is 0 Å². The molecule has 0 saturated heterocycles. The Kier molecular flexibility index (Phi) is 4.40. The largest absolute Gasteiger partial charge is 0.353 e. The summed E-state index contributed by atoms with van der Waals surface area (Å²) in [7, 11) is -4.06. The average Bonchev–Trinajstić information content (AvgIpc) is 1.96. The zero-order valence-electron chi connectivity index (χ0n) is 13.0. The molecule has 0 atom stereocenters. The predicted octanol–water partition coefficient (Wildman–Crippen LogP) is 3.68. The van der Waals surface area contributed by atoms with Gasteiger partial charge in [0.2, 0.25) is 14.8 Å². The fraction of sp³-hybridized carbons (Fsp3) is 1.00. The maximum atomic E-state index is 13.9. The second-order valence-electron chi connectivity index (χ2n) is 7.13. The van der Waals surface area contributed by atoms with Crippen molar-refractivity contribution in [1.82, 2.24) is 0 Å². The molecule has 0 N–H and O–H groups in total. The van der Waals surface area contributed by atoms with E-state index < -0.39 is 25.4 Å². The monoisotopic (exact) mass is 282 g/mol. The van der Waals surface area contributed by atoms with Crippen LogP contribution in [0.15, 0.2) is 0 Å². The highest BCUT2D eigenvalue weighted by atomic mass is 32.2. The first-order chi connectivity index (χ1) is 7.46. The minimum atomic E-state index is -4.06. The van der Waals surface area contributed by atoms with Crippen LogP contribution >= 0.6 is 0 Å². The normalized spacial score (nSPS) is 15.9. The minimum absolute atomic E-state index is 0.264. The summed E-state index contributed by atoms with van der Waals surface area (Å²) in [6.07, 6.45) is 0. The van der Waals surface area contributed by atoms with Gasteiger partial charge >= 0.3 is 0 Å². The number of rotatable bonds is 4. The summed E-state index contributed by atoms with van der Waals surface area (Å²) in [5.41, 5.74) is -0.963. The number of hydrogen-bond acceptors (Lipinski definition) is 3. The molecule has 0 aliphatic carbocycles. The summed E-state index contributed by atoms with van der Waals surface area (Å²) in [6, 6.07) is 0. The van der Waals surface area contributed by atoms with E-state index in [-0.39, 0.29) is 5.41 Å². The predicted molar refractivity (Wildman–Crippen MR) is 72.8 cm³/mol. The van der Waals surface area contributed by atoms with E-state index in [1.54, 1.807) is 0 Å². The Balaban J connectivity index is 5.48. The van der Waals surface area contributed by atoms with Gasteiger partial charge in [-0.15, -0.1) is 0 Å². The van der Waals surface area contributed by atoms with E-state index >= 15 is 0 Å². The molecule has 0 fully saturated rings. The lowest BCUT2D eigenvalue weighted by molar-refractivity contribution is -0.137. The summed E-state index contributed by atoms with van der Waals surface area (Å²) < 4.78 is 44.0. The number of hydrogen-bond donors (Lipinski definition) is 0. The molecule has 0 aromatic carbocycles. The minimum Gasteiger partial charge on any atom is -0.353 e. The Morgan fingerprint density at radius 2 is 1.17 bits per heavy atom. The molecule has 0 radical (unpaired) electrons. The molecule has 0 aromatic heterocycles. The first kappa shape index (κ1) is 17.8. The smallest absolute Gasteiger partial charge is 0.213 e. The molecule has 0 aliphatic heterocycles. The van der Waals surface area contributed by atoms with Crippen molar-refractivity contribution in [2.24, 2.45) is 5.41 Å². The summed E-state index contributed by atoms with van der Waals surface area (Å²) in [5, 5.41) is -2.33. The fourth-order valence-corrected chi connectivity index (χ4v) is 2.89. The van der Waals surface area contributed by atoms with Crippen LogP contribution in [0.2, 0.25) is 0 Å². The number of ether oxygens (including phenoxy) is 1. The highest BCUT2D eigenvalue weighted by molar-refractivity contribution is 7.93. The van der Waals surface area contributed by atoms with Crippen molar-refractivity contribution in [3.05, 3.63) is 0 Å². The molecule has 0 heterocycles. The second kappa shape index (κ2) is 4.44. The van der Waals surface area contributed by atoms with E-state index in [0.717, 1.165) is 13.8 Å². The van der Waals surface area contributed by atoms with Gasteiger partial charge in [0.1, 0.15) is 0 Å². The van der Waals surface area contributed by atoms with Crippen LogP contribution < -0.4 is 0 Å². The molecule has 0 bridgehead atoms. The highest BCUT2D eigenvalue weighted by Crippen LogP contribution is 2.40. The maximum absolute atomic E-state index is 13.9. The molecule has 0 amide bonds. The molecule has 3 nitrogen and oxygen atoms in total. The van der Waals surface area contributed by atoms with Crippen LogP contribution in [-0.2, 0) is 14.6 Å². The van der Waals surface area contributed by atoms with Crippen LogP contribution in [0.1, 0.15) is 62.3 Å². The number of halogens is 1. The van der Waals surface area contributed by atoms with E-state index in [1.165, 1.54) is 13.8 Å². The summed E-state index contributed by atoms with van der Waals surface area (Å²) in [5.74, 6) is 0. The van der Waals surface area contributed by atoms with Gasteiger partial charge in [0.05, 0.1) is 5.60 Å². The van der Waals surface area contributed by atoms with Crippen molar-refractivity contribution < 1.29 is 17.5 Å². The lowest BCUT2D eigenvalue weighted by Crippen LogP contribution is -2.52. The van der Waals surface area contributed by atoms with Crippen LogP contribution in [0.4, 0.5) is 4.39 Å². The summed E-state index contributed by atoms with van der Waals surface area (Å²) in [6.45, 7) is 14.4. The van der Waals surface area contributed by atoms with Gasteiger partial charge in [0.15, 0.2) is 4.93 Å². The molecule has 0 spiro atoms. The fourth-order valence-electron chi connectivity index (χ4n) is 1.41. The van der Waals surface area contributed by atoms with Gasteiger partial charge in [-0.2, -0.15) is 0 Å². The molecule has 0 aliphatic rings. The van der Waals surface area contributed by atoms with E-state index in [2.05, 4.69) is 0 Å². The first-order valence-corrected chi connectivity index (χ1v) is 7.57. The lowest BCUT2D eigenvalue weighted by Gasteiger charge is -2.44. The average molecular weight is 282 g/mol. The van der Waals surface area contributed by atoms with Gasteiger partial charge in [-0.25, -0.2) is 12.8 Å². The van der Waals surface area contributed by atoms with Crippen molar-refractivity contribution in [1.29, 1.82) is 0 Å². The van der Waals surface area contributed by atoms with Crippen molar-refractivity contribution >= 4 is 9.84 Å². The molecule has 0 unspecified atom stereocenters. The topological polar surface area (TPSA) is 43.4 Å². The molecule has 0 aromatic rings. The third-order valence-corrected chi connectivity index (χ3v) is 6.25. The van der Waals surface area contributed by atoms with Crippen LogP contribution in [0.25, 0.3) is 0 Å². The van der Waals surface area contributed by atoms with Crippen LogP contribution in [0, 0.1) is 5.41 Å². The summed E-state index contributed by atoms with van der Waals surface area (Å²) >= 11 is 0. The van der Waals surface area contributed by atoms with E-state index in [4.69, 9.17) is 4.74 Å². The standard InChI is InChI=1S/C13H27FO3S/c1-10(2,3)11(4,5)17-13(8,9)18(15,16)12(6,7)14/h1-9H3. The quantitative estimate of drug-likeness (QED) is 0.790. The Bertz CT molecular complexity index is 395. The maximum Gasteiger partial charge on any atom is 0.213 e. The van der Waals surface area contributed by atoms with Gasteiger partial charge in [-0.05, 0) is 47.0 Å². The number of sulfone groups is 1. The molecule has 0 saturated carbocycles. The molecule has 5 heteroatoms. The number of alkyl halides is 1. The Morgan fingerprint density at radius 1 is 0.833 bits per heavy atom. The molecule has 0 rings (SSSR count). The van der Waals surface area contributed by atoms with Crippen LogP contribution in [-0.4, -0.2) is 24.0 Å². The van der Waals surface area contributed by atoms with E-state index in [9.17, 15) is 12.8 Å². The van der Waals surface area contributed by atoms with Gasteiger partial charge in [-0.3, -0.25) is 0 Å². The van der Waals surface area contributed by atoms with Crippen molar-refractivity contribution in [2.45, 2.75) is 77.8 Å². The second-order valence-corrected chi connectivity index (χ2v) is 10.1. The van der Waals surface area contributed by atoms with E-state index in [1.807, 2.05) is 34.6 Å². The van der Waals surface area contributed by atoms with Crippen LogP contribution in [0.3, 0.4) is 0 Å². The molecular formula is C13H27FO3S. The van der Waals surface area contributed by atoms with Gasteiger partial charge in [0.25, 0.3) is 0 Å². The highest BCUT2D eigenvalue weighted by Gasteiger charge is 2.51. The zero-order chi connectivity index (χ0) is 15.2. The Labute approximate surface area is 111 Å². The van der Waals surface area contributed by atoms with Crippen molar-refractivity contribution in [2.75, 3.05) is 0 Å². The Hall–Kier alpha value is -0.160. The first-order valence-electron chi connectivity index (χ1n) is 6.09. The lowest BCUT2D eigenvalue weighted by atomic mass is 9.79. The SMILES string of the molecule is CC(C)(C)C(C)(C)OC(C)(C)S(=O)(=O)C(C)(C)F. The third-order valence-electron chi connectivity index (χ3n) is 3.59. The van der Waals surface area contributed by atoms with Crippen molar-refractivity contribution in [3.8, 4) is 0 Å². The third kappa shape index (κ3) is 3.23. The van der Waals surface area contributed by atoms with Gasteiger partial charge < -0.3 is 4.74 Å². The zero-order valence-corrected chi connectivity index (χ0v) is 13.8. The van der Waals surface area contributed by atoms with Crippen molar-refractivity contribution in [3.63, 3.8) is 0 Å².